The maximum atomic E-state index is 6.75. The molecule has 3 rings (SSSR count). The molecule has 2 aromatic rings. The van der Waals surface area contributed by atoms with Crippen LogP contribution in [0.2, 0.25) is 0 Å². The Kier molecular flexibility index (Phi) is 3.92. The zero-order valence-corrected chi connectivity index (χ0v) is 14.2. The van der Waals surface area contributed by atoms with Gasteiger partial charge in [0.25, 0.3) is 0 Å². The summed E-state index contributed by atoms with van der Waals surface area (Å²) >= 11 is 10.3. The van der Waals surface area contributed by atoms with E-state index in [9.17, 15) is 0 Å². The Morgan fingerprint density at radius 3 is 2.55 bits per heavy atom. The lowest BCUT2D eigenvalue weighted by Gasteiger charge is -2.16. The van der Waals surface area contributed by atoms with Gasteiger partial charge in [0, 0.05) is 4.47 Å². The van der Waals surface area contributed by atoms with E-state index in [0.717, 1.165) is 4.47 Å². The maximum Gasteiger partial charge on any atom is 0.0838 e. The van der Waals surface area contributed by atoms with Gasteiger partial charge in [0.05, 0.1) is 5.38 Å². The molecule has 0 heterocycles. The van der Waals surface area contributed by atoms with Crippen LogP contribution in [0.25, 0.3) is 0 Å². The van der Waals surface area contributed by atoms with Crippen molar-refractivity contribution >= 4 is 27.5 Å². The lowest BCUT2D eigenvalue weighted by atomic mass is 9.96. The number of aryl methyl sites for hydroxylation is 4. The maximum absolute atomic E-state index is 6.75. The quantitative estimate of drug-likeness (QED) is 0.594. The van der Waals surface area contributed by atoms with Crippen molar-refractivity contribution in [3.05, 3.63) is 68.2 Å². The van der Waals surface area contributed by atoms with Crippen LogP contribution in [0.5, 0.6) is 0 Å². The first kappa shape index (κ1) is 14.2. The molecule has 0 N–H and O–H groups in total. The first-order valence-electron chi connectivity index (χ1n) is 7.08. The average molecular weight is 350 g/mol. The highest BCUT2D eigenvalue weighted by Gasteiger charge is 2.18. The normalized spacial score (nSPS) is 15.2. The van der Waals surface area contributed by atoms with Gasteiger partial charge in [0.2, 0.25) is 0 Å². The highest BCUT2D eigenvalue weighted by atomic mass is 79.9. The predicted octanol–water partition coefficient (Wildman–Crippen LogP) is 5.88. The van der Waals surface area contributed by atoms with Gasteiger partial charge in [-0.25, -0.2) is 0 Å². The zero-order chi connectivity index (χ0) is 14.3. The van der Waals surface area contributed by atoms with Crippen LogP contribution >= 0.6 is 27.5 Å². The van der Waals surface area contributed by atoms with Crippen LogP contribution in [0.15, 0.2) is 34.8 Å². The third kappa shape index (κ3) is 2.54. The van der Waals surface area contributed by atoms with Gasteiger partial charge in [-0.15, -0.1) is 11.6 Å². The van der Waals surface area contributed by atoms with Crippen LogP contribution in [0.4, 0.5) is 0 Å². The third-order valence-corrected chi connectivity index (χ3v) is 5.58. The molecule has 0 bridgehead atoms. The summed E-state index contributed by atoms with van der Waals surface area (Å²) < 4.78 is 1.15. The van der Waals surface area contributed by atoms with E-state index >= 15 is 0 Å². The third-order valence-electron chi connectivity index (χ3n) is 4.24. The second kappa shape index (κ2) is 5.54. The minimum absolute atomic E-state index is 0.0623. The van der Waals surface area contributed by atoms with Crippen LogP contribution in [-0.2, 0) is 12.8 Å². The number of hydrogen-bond acceptors (Lipinski definition) is 0. The van der Waals surface area contributed by atoms with Gasteiger partial charge in [-0.1, -0.05) is 40.2 Å². The summed E-state index contributed by atoms with van der Waals surface area (Å²) in [5.41, 5.74) is 7.89. The summed E-state index contributed by atoms with van der Waals surface area (Å²) in [5.74, 6) is 0. The number of rotatable bonds is 2. The van der Waals surface area contributed by atoms with E-state index in [2.05, 4.69) is 60.1 Å². The van der Waals surface area contributed by atoms with Crippen LogP contribution in [0.1, 0.15) is 45.2 Å². The van der Waals surface area contributed by atoms with Gasteiger partial charge in [0.1, 0.15) is 0 Å². The van der Waals surface area contributed by atoms with E-state index in [1.807, 2.05) is 0 Å². The summed E-state index contributed by atoms with van der Waals surface area (Å²) in [7, 11) is 0. The molecule has 0 aromatic heterocycles. The van der Waals surface area contributed by atoms with Crippen LogP contribution in [0, 0.1) is 13.8 Å². The lowest BCUT2D eigenvalue weighted by Crippen LogP contribution is -1.99. The van der Waals surface area contributed by atoms with Gasteiger partial charge < -0.3 is 0 Å². The SMILES string of the molecule is Cc1cc(C(Cl)c2ccc3c(c2)CCC3)c(C)cc1Br. The molecule has 2 aromatic carbocycles. The monoisotopic (exact) mass is 348 g/mol. The molecule has 0 saturated heterocycles. The van der Waals surface area contributed by atoms with E-state index < -0.39 is 0 Å². The minimum atomic E-state index is -0.0623. The van der Waals surface area contributed by atoms with E-state index in [-0.39, 0.29) is 5.38 Å². The first-order chi connectivity index (χ1) is 9.56. The Hall–Kier alpha value is -0.790. The fourth-order valence-corrected chi connectivity index (χ4v) is 3.83. The number of hydrogen-bond donors (Lipinski definition) is 0. The molecule has 0 saturated carbocycles. The van der Waals surface area contributed by atoms with Gasteiger partial charge in [-0.05, 0) is 72.6 Å². The zero-order valence-electron chi connectivity index (χ0n) is 11.8. The number of halogens is 2. The topological polar surface area (TPSA) is 0 Å². The summed E-state index contributed by atoms with van der Waals surface area (Å²) in [6, 6.07) is 11.1. The Labute approximate surface area is 134 Å². The Morgan fingerprint density at radius 2 is 1.75 bits per heavy atom. The molecule has 0 aliphatic heterocycles. The summed E-state index contributed by atoms with van der Waals surface area (Å²) in [4.78, 5) is 0. The van der Waals surface area contributed by atoms with Crippen molar-refractivity contribution in [1.82, 2.24) is 0 Å². The van der Waals surface area contributed by atoms with Crippen molar-refractivity contribution in [2.45, 2.75) is 38.5 Å². The molecule has 104 valence electrons. The second-order valence-corrected chi connectivity index (χ2v) is 6.99. The molecule has 1 aliphatic carbocycles. The minimum Gasteiger partial charge on any atom is -0.113 e. The molecule has 2 heteroatoms. The Balaban J connectivity index is 2.00. The van der Waals surface area contributed by atoms with Crippen molar-refractivity contribution in [2.75, 3.05) is 0 Å². The van der Waals surface area contributed by atoms with Gasteiger partial charge in [-0.2, -0.15) is 0 Å². The molecule has 0 amide bonds. The number of alkyl halides is 1. The molecule has 0 radical (unpaired) electrons. The molecule has 1 unspecified atom stereocenters. The molecular formula is C18H18BrCl. The van der Waals surface area contributed by atoms with Crippen LogP contribution in [0.3, 0.4) is 0 Å². The Bertz CT molecular complexity index is 661. The second-order valence-electron chi connectivity index (χ2n) is 5.70. The van der Waals surface area contributed by atoms with Crippen LogP contribution < -0.4 is 0 Å². The first-order valence-corrected chi connectivity index (χ1v) is 8.31. The van der Waals surface area contributed by atoms with Crippen molar-refractivity contribution in [1.29, 1.82) is 0 Å². The molecular weight excluding hydrogens is 332 g/mol. The molecule has 0 fully saturated rings. The lowest BCUT2D eigenvalue weighted by molar-refractivity contribution is 0.911. The molecule has 20 heavy (non-hydrogen) atoms. The number of fused-ring (bicyclic) bond motifs is 1. The van der Waals surface area contributed by atoms with E-state index in [4.69, 9.17) is 11.6 Å². The van der Waals surface area contributed by atoms with Crippen LogP contribution in [-0.4, -0.2) is 0 Å². The predicted molar refractivity (Wildman–Crippen MR) is 89.8 cm³/mol. The molecule has 0 spiro atoms. The number of benzene rings is 2. The van der Waals surface area contributed by atoms with Crippen molar-refractivity contribution in [3.63, 3.8) is 0 Å². The molecule has 0 nitrogen and oxygen atoms in total. The standard InChI is InChI=1S/C18H18BrCl/c1-11-9-17(19)12(2)8-16(11)18(20)15-7-6-13-4-3-5-14(13)10-15/h6-10,18H,3-5H2,1-2H3. The van der Waals surface area contributed by atoms with E-state index in [1.54, 1.807) is 0 Å². The van der Waals surface area contributed by atoms with Gasteiger partial charge in [-0.3, -0.25) is 0 Å². The van der Waals surface area contributed by atoms with E-state index in [1.165, 1.54) is 52.6 Å². The smallest absolute Gasteiger partial charge is 0.0838 e. The Morgan fingerprint density at radius 1 is 1.00 bits per heavy atom. The largest absolute Gasteiger partial charge is 0.113 e. The fourth-order valence-electron chi connectivity index (χ4n) is 3.01. The highest BCUT2D eigenvalue weighted by molar-refractivity contribution is 9.10. The van der Waals surface area contributed by atoms with Crippen molar-refractivity contribution < 1.29 is 0 Å². The highest BCUT2D eigenvalue weighted by Crippen LogP contribution is 2.35. The summed E-state index contributed by atoms with van der Waals surface area (Å²) in [6.45, 7) is 4.24. The van der Waals surface area contributed by atoms with Gasteiger partial charge >= 0.3 is 0 Å². The summed E-state index contributed by atoms with van der Waals surface area (Å²) in [6.07, 6.45) is 3.70. The molecule has 1 aliphatic rings. The molecule has 1 atom stereocenters. The van der Waals surface area contributed by atoms with E-state index in [0.29, 0.717) is 0 Å². The van der Waals surface area contributed by atoms with Crippen molar-refractivity contribution in [3.8, 4) is 0 Å². The van der Waals surface area contributed by atoms with Crippen molar-refractivity contribution in [2.24, 2.45) is 0 Å². The summed E-state index contributed by atoms with van der Waals surface area (Å²) in [5, 5.41) is -0.0623. The van der Waals surface area contributed by atoms with Gasteiger partial charge in [0.15, 0.2) is 0 Å². The average Bonchev–Trinajstić information content (AvgIpc) is 2.89. The fraction of sp³-hybridized carbons (Fsp3) is 0.333.